The monoisotopic (exact) mass is 610 g/mol. The Hall–Kier alpha value is -3.38. The van der Waals surface area contributed by atoms with Crippen LogP contribution >= 0.6 is 0 Å². The fourth-order valence-electron chi connectivity index (χ4n) is 4.37. The zero-order valence-corrected chi connectivity index (χ0v) is 24.5. The number of sulfone groups is 2. The van der Waals surface area contributed by atoms with Gasteiger partial charge in [0.2, 0.25) is 0 Å². The van der Waals surface area contributed by atoms with E-state index in [9.17, 15) is 27.0 Å². The van der Waals surface area contributed by atoms with E-state index in [-0.39, 0.29) is 23.0 Å². The second kappa shape index (κ2) is 14.7. The molecule has 0 saturated heterocycles. The molecule has 0 aliphatic heterocycles. The number of hydrogen-bond acceptors (Lipinski definition) is 8. The highest BCUT2D eigenvalue weighted by Gasteiger charge is 2.39. The Morgan fingerprint density at radius 1 is 0.476 bits per heavy atom. The van der Waals surface area contributed by atoms with E-state index in [1.165, 1.54) is 24.3 Å². The van der Waals surface area contributed by atoms with Crippen molar-refractivity contribution in [2.75, 3.05) is 11.5 Å². The molecule has 0 aliphatic carbocycles. The standard InChI is InChI=1S/C32H34O8S2/c33-31(29(39-21-25-13-5-1-6-14-25)23-41(35,36)27-17-9-3-10-18-27)32(34)30(40-22-26-15-7-2-8-16-26)24-42(37,38)28-19-11-4-12-20-28/h1-20,29-34H,21-24H2/t29-,30-,31-,32-/m1/s1. The number of benzene rings is 4. The van der Waals surface area contributed by atoms with Crippen molar-refractivity contribution >= 4 is 19.7 Å². The van der Waals surface area contributed by atoms with Crippen molar-refractivity contribution < 1.29 is 36.5 Å². The lowest BCUT2D eigenvalue weighted by Crippen LogP contribution is -2.50. The molecule has 0 heterocycles. The summed E-state index contributed by atoms with van der Waals surface area (Å²) in [5.74, 6) is -1.31. The van der Waals surface area contributed by atoms with Gasteiger partial charge in [-0.2, -0.15) is 0 Å². The number of aliphatic hydroxyl groups is 2. The molecular weight excluding hydrogens is 576 g/mol. The van der Waals surface area contributed by atoms with E-state index in [1.807, 2.05) is 12.1 Å². The molecule has 4 atom stereocenters. The Balaban J connectivity index is 1.61. The molecule has 4 aromatic rings. The van der Waals surface area contributed by atoms with Crippen molar-refractivity contribution in [1.29, 1.82) is 0 Å². The number of ether oxygens (including phenoxy) is 2. The van der Waals surface area contributed by atoms with E-state index >= 15 is 0 Å². The third kappa shape index (κ3) is 8.81. The van der Waals surface area contributed by atoms with Crippen LogP contribution < -0.4 is 0 Å². The van der Waals surface area contributed by atoms with Crippen LogP contribution in [0.2, 0.25) is 0 Å². The molecular formula is C32H34O8S2. The van der Waals surface area contributed by atoms with Gasteiger partial charge in [-0.3, -0.25) is 0 Å². The fraction of sp³-hybridized carbons (Fsp3) is 0.250. The molecule has 4 rings (SSSR count). The van der Waals surface area contributed by atoms with Gasteiger partial charge in [-0.25, -0.2) is 16.8 Å². The van der Waals surface area contributed by atoms with Gasteiger partial charge in [0, 0.05) is 0 Å². The topological polar surface area (TPSA) is 127 Å². The van der Waals surface area contributed by atoms with Crippen molar-refractivity contribution in [1.82, 2.24) is 0 Å². The van der Waals surface area contributed by atoms with Gasteiger partial charge in [-0.15, -0.1) is 0 Å². The normalized spacial score (nSPS) is 15.0. The predicted molar refractivity (Wildman–Crippen MR) is 159 cm³/mol. The first kappa shape index (κ1) is 31.6. The number of aliphatic hydroxyl groups excluding tert-OH is 2. The Morgan fingerprint density at radius 2 is 0.762 bits per heavy atom. The molecule has 0 saturated carbocycles. The first-order valence-electron chi connectivity index (χ1n) is 13.4. The Kier molecular flexibility index (Phi) is 11.0. The van der Waals surface area contributed by atoms with E-state index < -0.39 is 55.6 Å². The molecule has 0 radical (unpaired) electrons. The molecule has 8 nitrogen and oxygen atoms in total. The van der Waals surface area contributed by atoms with Crippen molar-refractivity contribution in [2.24, 2.45) is 0 Å². The second-order valence-electron chi connectivity index (χ2n) is 9.84. The zero-order valence-electron chi connectivity index (χ0n) is 22.8. The van der Waals surface area contributed by atoms with Crippen LogP contribution in [0.15, 0.2) is 131 Å². The molecule has 0 fully saturated rings. The van der Waals surface area contributed by atoms with E-state index in [2.05, 4.69) is 0 Å². The maximum atomic E-state index is 13.3. The van der Waals surface area contributed by atoms with Gasteiger partial charge in [-0.05, 0) is 35.4 Å². The third-order valence-corrected chi connectivity index (χ3v) is 10.2. The minimum absolute atomic E-state index is 0.0310. The summed E-state index contributed by atoms with van der Waals surface area (Å²) < 4.78 is 64.9. The lowest BCUT2D eigenvalue weighted by molar-refractivity contribution is -0.132. The van der Waals surface area contributed by atoms with Gasteiger partial charge in [0.25, 0.3) is 0 Å². The van der Waals surface area contributed by atoms with Crippen molar-refractivity contribution in [3.63, 3.8) is 0 Å². The maximum Gasteiger partial charge on any atom is 0.181 e. The molecule has 0 aromatic heterocycles. The molecule has 0 bridgehead atoms. The Bertz CT molecular complexity index is 1460. The summed E-state index contributed by atoms with van der Waals surface area (Å²) in [5, 5.41) is 22.8. The van der Waals surface area contributed by atoms with Crippen LogP contribution in [0.4, 0.5) is 0 Å². The molecule has 4 aromatic carbocycles. The van der Waals surface area contributed by atoms with Crippen molar-refractivity contribution in [2.45, 2.75) is 47.4 Å². The highest BCUT2D eigenvalue weighted by Crippen LogP contribution is 2.22. The molecule has 0 spiro atoms. The molecule has 10 heteroatoms. The van der Waals surface area contributed by atoms with Gasteiger partial charge in [0.05, 0.1) is 34.5 Å². The van der Waals surface area contributed by atoms with Gasteiger partial charge >= 0.3 is 0 Å². The smallest absolute Gasteiger partial charge is 0.181 e. The summed E-state index contributed by atoms with van der Waals surface area (Å²) in [6.45, 7) is -0.0884. The molecule has 222 valence electrons. The van der Waals surface area contributed by atoms with Crippen LogP contribution in [-0.4, -0.2) is 63.0 Å². The summed E-state index contributed by atoms with van der Waals surface area (Å²) in [7, 11) is -7.91. The molecule has 0 aliphatic rings. The van der Waals surface area contributed by atoms with Crippen LogP contribution in [0, 0.1) is 0 Å². The van der Waals surface area contributed by atoms with Crippen molar-refractivity contribution in [3.8, 4) is 0 Å². The van der Waals surface area contributed by atoms with E-state index in [1.54, 1.807) is 84.9 Å². The Labute approximate surface area is 247 Å². The van der Waals surface area contributed by atoms with E-state index in [4.69, 9.17) is 9.47 Å². The number of rotatable bonds is 15. The summed E-state index contributed by atoms with van der Waals surface area (Å²) in [5.41, 5.74) is 1.45. The highest BCUT2D eigenvalue weighted by molar-refractivity contribution is 7.91. The SMILES string of the molecule is O=S(=O)(C[C@@H](OCc1ccccc1)[C@@H](O)[C@H](O)[C@@H](CS(=O)(=O)c1ccccc1)OCc1ccccc1)c1ccccc1. The van der Waals surface area contributed by atoms with Crippen LogP contribution in [0.1, 0.15) is 11.1 Å². The van der Waals surface area contributed by atoms with Crippen LogP contribution in [0.3, 0.4) is 0 Å². The minimum atomic E-state index is -3.96. The van der Waals surface area contributed by atoms with Crippen LogP contribution in [0.25, 0.3) is 0 Å². The first-order valence-corrected chi connectivity index (χ1v) is 16.7. The molecule has 2 N–H and O–H groups in total. The summed E-state index contributed by atoms with van der Waals surface area (Å²) in [6.07, 6.45) is -6.43. The molecule has 0 amide bonds. The van der Waals surface area contributed by atoms with Crippen LogP contribution in [-0.2, 0) is 42.4 Å². The fourth-order valence-corrected chi connectivity index (χ4v) is 7.35. The maximum absolute atomic E-state index is 13.3. The molecule has 0 unspecified atom stereocenters. The average Bonchev–Trinajstić information content (AvgIpc) is 3.02. The van der Waals surface area contributed by atoms with Gasteiger partial charge in [0.1, 0.15) is 24.4 Å². The zero-order chi connectivity index (χ0) is 30.0. The van der Waals surface area contributed by atoms with E-state index in [0.717, 1.165) is 11.1 Å². The second-order valence-corrected chi connectivity index (χ2v) is 13.9. The van der Waals surface area contributed by atoms with E-state index in [0.29, 0.717) is 0 Å². The molecule has 42 heavy (non-hydrogen) atoms. The average molecular weight is 611 g/mol. The van der Waals surface area contributed by atoms with Gasteiger partial charge < -0.3 is 19.7 Å². The summed E-state index contributed by atoms with van der Waals surface area (Å²) in [6, 6.07) is 33.4. The summed E-state index contributed by atoms with van der Waals surface area (Å²) in [4.78, 5) is 0.0621. The first-order chi connectivity index (χ1) is 20.2. The summed E-state index contributed by atoms with van der Waals surface area (Å²) >= 11 is 0. The highest BCUT2D eigenvalue weighted by atomic mass is 32.2. The minimum Gasteiger partial charge on any atom is -0.388 e. The van der Waals surface area contributed by atoms with Crippen LogP contribution in [0.5, 0.6) is 0 Å². The largest absolute Gasteiger partial charge is 0.388 e. The predicted octanol–water partition coefficient (Wildman–Crippen LogP) is 3.83. The van der Waals surface area contributed by atoms with Gasteiger partial charge in [-0.1, -0.05) is 97.1 Å². The lowest BCUT2D eigenvalue weighted by Gasteiger charge is -2.32. The lowest BCUT2D eigenvalue weighted by atomic mass is 10.0. The Morgan fingerprint density at radius 3 is 1.07 bits per heavy atom. The quantitative estimate of drug-likeness (QED) is 0.208. The van der Waals surface area contributed by atoms with Crippen molar-refractivity contribution in [3.05, 3.63) is 132 Å². The van der Waals surface area contributed by atoms with Gasteiger partial charge in [0.15, 0.2) is 19.7 Å². The third-order valence-electron chi connectivity index (χ3n) is 6.70. The number of hydrogen-bond donors (Lipinski definition) is 2.